The second-order valence-electron chi connectivity index (χ2n) is 6.78. The molecule has 2 amide bonds. The van der Waals surface area contributed by atoms with E-state index in [2.05, 4.69) is 5.32 Å². The molecule has 3 rings (SSSR count). The maximum Gasteiger partial charge on any atom is 0.227 e. The number of benzene rings is 1. The maximum atomic E-state index is 12.5. The Hall–Kier alpha value is -1.60. The van der Waals surface area contributed by atoms with Gasteiger partial charge in [0, 0.05) is 23.7 Å². The number of sulfone groups is 1. The molecule has 130 valence electrons. The predicted molar refractivity (Wildman–Crippen MR) is 91.7 cm³/mol. The standard InChI is InChI=1S/C16H19ClN2O4S/c1-16(5-6-24(22,23)10-16)18-15(21)11-7-14(20)19(9-11)13-4-2-3-12(17)8-13/h2-4,8,11H,5-7,9-10H2,1H3,(H,18,21). The van der Waals surface area contributed by atoms with Crippen LogP contribution in [0.3, 0.4) is 0 Å². The van der Waals surface area contributed by atoms with E-state index in [1.54, 1.807) is 36.1 Å². The summed E-state index contributed by atoms with van der Waals surface area (Å²) in [5.41, 5.74) is -0.0833. The fourth-order valence-electron chi connectivity index (χ4n) is 3.29. The molecule has 1 aromatic carbocycles. The van der Waals surface area contributed by atoms with Gasteiger partial charge in [-0.15, -0.1) is 0 Å². The van der Waals surface area contributed by atoms with Gasteiger partial charge in [0.15, 0.2) is 9.84 Å². The van der Waals surface area contributed by atoms with Crippen LogP contribution < -0.4 is 10.2 Å². The molecule has 2 unspecified atom stereocenters. The molecular formula is C16H19ClN2O4S. The van der Waals surface area contributed by atoms with E-state index in [0.29, 0.717) is 17.1 Å². The Balaban J connectivity index is 1.68. The molecule has 0 radical (unpaired) electrons. The summed E-state index contributed by atoms with van der Waals surface area (Å²) in [7, 11) is -3.10. The molecule has 2 heterocycles. The zero-order chi connectivity index (χ0) is 17.5. The molecule has 2 atom stereocenters. The molecule has 1 N–H and O–H groups in total. The molecule has 6 nitrogen and oxygen atoms in total. The summed E-state index contributed by atoms with van der Waals surface area (Å²) >= 11 is 5.95. The number of hydrogen-bond acceptors (Lipinski definition) is 4. The number of halogens is 1. The molecule has 2 aliphatic rings. The third-order valence-electron chi connectivity index (χ3n) is 4.54. The monoisotopic (exact) mass is 370 g/mol. The third kappa shape index (κ3) is 3.57. The van der Waals surface area contributed by atoms with E-state index in [1.807, 2.05) is 0 Å². The van der Waals surface area contributed by atoms with Crippen LogP contribution in [-0.4, -0.2) is 43.8 Å². The summed E-state index contributed by atoms with van der Waals surface area (Å²) < 4.78 is 23.3. The number of amides is 2. The lowest BCUT2D eigenvalue weighted by Gasteiger charge is -2.25. The SMILES string of the molecule is CC1(NC(=O)C2CC(=O)N(c3cccc(Cl)c3)C2)CCS(=O)(=O)C1. The van der Waals surface area contributed by atoms with Gasteiger partial charge in [0.05, 0.1) is 23.0 Å². The summed E-state index contributed by atoms with van der Waals surface area (Å²) in [6.45, 7) is 2.01. The van der Waals surface area contributed by atoms with Crippen LogP contribution in [0, 0.1) is 5.92 Å². The highest BCUT2D eigenvalue weighted by atomic mass is 35.5. The minimum absolute atomic E-state index is 0.0512. The fraction of sp³-hybridized carbons (Fsp3) is 0.500. The van der Waals surface area contributed by atoms with Crippen molar-refractivity contribution in [3.63, 3.8) is 0 Å². The van der Waals surface area contributed by atoms with Crippen LogP contribution in [0.25, 0.3) is 0 Å². The smallest absolute Gasteiger partial charge is 0.227 e. The molecule has 0 saturated carbocycles. The van der Waals surface area contributed by atoms with Crippen LogP contribution in [0.15, 0.2) is 24.3 Å². The average molecular weight is 371 g/mol. The van der Waals surface area contributed by atoms with Crippen molar-refractivity contribution in [3.8, 4) is 0 Å². The lowest BCUT2D eigenvalue weighted by atomic mass is 9.99. The number of nitrogens with one attached hydrogen (secondary N) is 1. The number of nitrogens with zero attached hydrogens (tertiary/aromatic N) is 1. The zero-order valence-corrected chi connectivity index (χ0v) is 14.9. The van der Waals surface area contributed by atoms with Crippen LogP contribution in [0.4, 0.5) is 5.69 Å². The van der Waals surface area contributed by atoms with Gasteiger partial charge in [0.1, 0.15) is 0 Å². The Kier molecular flexibility index (Phi) is 4.34. The summed E-state index contributed by atoms with van der Waals surface area (Å²) in [5.74, 6) is -0.863. The van der Waals surface area contributed by atoms with Gasteiger partial charge in [-0.1, -0.05) is 17.7 Å². The molecule has 0 aromatic heterocycles. The van der Waals surface area contributed by atoms with E-state index in [4.69, 9.17) is 11.6 Å². The molecular weight excluding hydrogens is 352 g/mol. The quantitative estimate of drug-likeness (QED) is 0.871. The highest BCUT2D eigenvalue weighted by molar-refractivity contribution is 7.91. The van der Waals surface area contributed by atoms with Crippen molar-refractivity contribution in [3.05, 3.63) is 29.3 Å². The Morgan fingerprint density at radius 2 is 2.17 bits per heavy atom. The van der Waals surface area contributed by atoms with Crippen molar-refractivity contribution in [1.82, 2.24) is 5.32 Å². The minimum Gasteiger partial charge on any atom is -0.350 e. The Morgan fingerprint density at radius 1 is 1.42 bits per heavy atom. The van der Waals surface area contributed by atoms with Crippen molar-refractivity contribution in [1.29, 1.82) is 0 Å². The molecule has 1 aromatic rings. The highest BCUT2D eigenvalue weighted by Crippen LogP contribution is 2.29. The number of anilines is 1. The van der Waals surface area contributed by atoms with E-state index in [0.717, 1.165) is 0 Å². The van der Waals surface area contributed by atoms with Crippen LogP contribution >= 0.6 is 11.6 Å². The summed E-state index contributed by atoms with van der Waals surface area (Å²) in [4.78, 5) is 26.3. The van der Waals surface area contributed by atoms with Gasteiger partial charge in [-0.25, -0.2) is 8.42 Å². The van der Waals surface area contributed by atoms with E-state index < -0.39 is 21.3 Å². The van der Waals surface area contributed by atoms with Crippen molar-refractivity contribution >= 4 is 38.9 Å². The molecule has 2 fully saturated rings. The van der Waals surface area contributed by atoms with Gasteiger partial charge in [0.25, 0.3) is 0 Å². The molecule has 2 saturated heterocycles. The van der Waals surface area contributed by atoms with Crippen LogP contribution in [-0.2, 0) is 19.4 Å². The van der Waals surface area contributed by atoms with Crippen molar-refractivity contribution < 1.29 is 18.0 Å². The predicted octanol–water partition coefficient (Wildman–Crippen LogP) is 1.39. The third-order valence-corrected chi connectivity index (χ3v) is 6.68. The van der Waals surface area contributed by atoms with Crippen molar-refractivity contribution in [2.24, 2.45) is 5.92 Å². The van der Waals surface area contributed by atoms with E-state index >= 15 is 0 Å². The van der Waals surface area contributed by atoms with Crippen LogP contribution in [0.2, 0.25) is 5.02 Å². The van der Waals surface area contributed by atoms with Crippen LogP contribution in [0.5, 0.6) is 0 Å². The molecule has 0 bridgehead atoms. The van der Waals surface area contributed by atoms with Crippen molar-refractivity contribution in [2.75, 3.05) is 23.0 Å². The van der Waals surface area contributed by atoms with Gasteiger partial charge in [-0.05, 0) is 31.5 Å². The largest absolute Gasteiger partial charge is 0.350 e. The highest BCUT2D eigenvalue weighted by Gasteiger charge is 2.42. The average Bonchev–Trinajstić information content (AvgIpc) is 2.99. The second kappa shape index (κ2) is 6.04. The minimum atomic E-state index is -3.10. The molecule has 0 aliphatic carbocycles. The first-order valence-corrected chi connectivity index (χ1v) is 9.96. The zero-order valence-electron chi connectivity index (χ0n) is 13.3. The Bertz CT molecular complexity index is 795. The van der Waals surface area contributed by atoms with Gasteiger partial charge in [-0.3, -0.25) is 9.59 Å². The van der Waals surface area contributed by atoms with Gasteiger partial charge >= 0.3 is 0 Å². The number of carbonyl (C=O) groups is 2. The molecule has 24 heavy (non-hydrogen) atoms. The molecule has 8 heteroatoms. The summed E-state index contributed by atoms with van der Waals surface area (Å²) in [6.07, 6.45) is 0.515. The van der Waals surface area contributed by atoms with E-state index in [9.17, 15) is 18.0 Å². The lowest BCUT2D eigenvalue weighted by Crippen LogP contribution is -2.49. The summed E-state index contributed by atoms with van der Waals surface area (Å²) in [5, 5.41) is 3.36. The van der Waals surface area contributed by atoms with E-state index in [-0.39, 0.29) is 36.3 Å². The molecule has 2 aliphatic heterocycles. The second-order valence-corrected chi connectivity index (χ2v) is 9.40. The number of hydrogen-bond donors (Lipinski definition) is 1. The van der Waals surface area contributed by atoms with Gasteiger partial charge in [0.2, 0.25) is 11.8 Å². The first kappa shape index (κ1) is 17.2. The fourth-order valence-corrected chi connectivity index (χ4v) is 5.56. The Morgan fingerprint density at radius 3 is 2.79 bits per heavy atom. The lowest BCUT2D eigenvalue weighted by molar-refractivity contribution is -0.127. The van der Waals surface area contributed by atoms with Crippen LogP contribution in [0.1, 0.15) is 19.8 Å². The van der Waals surface area contributed by atoms with E-state index in [1.165, 1.54) is 0 Å². The topological polar surface area (TPSA) is 83.6 Å². The first-order chi connectivity index (χ1) is 11.2. The van der Waals surface area contributed by atoms with Crippen molar-refractivity contribution in [2.45, 2.75) is 25.3 Å². The first-order valence-electron chi connectivity index (χ1n) is 7.76. The van der Waals surface area contributed by atoms with Gasteiger partial charge in [-0.2, -0.15) is 0 Å². The number of carbonyl (C=O) groups excluding carboxylic acids is 2. The Labute approximate surface area is 146 Å². The number of rotatable bonds is 3. The summed E-state index contributed by atoms with van der Waals surface area (Å²) in [6, 6.07) is 6.93. The maximum absolute atomic E-state index is 12.5. The normalized spacial score (nSPS) is 29.0. The van der Waals surface area contributed by atoms with Gasteiger partial charge < -0.3 is 10.2 Å². The molecule has 0 spiro atoms.